The number of hydrogen-bond donors (Lipinski definition) is 2. The predicted octanol–water partition coefficient (Wildman–Crippen LogP) is 3.40. The number of amides is 1. The largest absolute Gasteiger partial charge is 0.462 e. The van der Waals surface area contributed by atoms with Gasteiger partial charge in [0, 0.05) is 28.2 Å². The first-order chi connectivity index (χ1) is 14.0. The minimum absolute atomic E-state index is 0.0615. The summed E-state index contributed by atoms with van der Waals surface area (Å²) in [4.78, 5) is 30.0. The van der Waals surface area contributed by atoms with E-state index in [-0.39, 0.29) is 24.3 Å². The van der Waals surface area contributed by atoms with Crippen LogP contribution in [0.15, 0.2) is 54.7 Å². The van der Waals surface area contributed by atoms with Crippen molar-refractivity contribution in [3.8, 4) is 0 Å². The average molecular weight is 394 g/mol. The molecule has 1 aromatic heterocycles. The lowest BCUT2D eigenvalue weighted by Crippen LogP contribution is -2.30. The van der Waals surface area contributed by atoms with Crippen molar-refractivity contribution >= 4 is 28.4 Å². The minimum Gasteiger partial charge on any atom is -0.462 e. The van der Waals surface area contributed by atoms with Gasteiger partial charge in [-0.05, 0) is 37.3 Å². The summed E-state index contributed by atoms with van der Waals surface area (Å²) in [6.07, 6.45) is 0.349. The fraction of sp³-hybridized carbons (Fsp3) is 0.182. The SMILES string of the molecule is CCOC(=O)C1=CN(C(=O)c2ccc(F)cc2)CC(O)c2c1[nH]c1ccccc21. The Morgan fingerprint density at radius 2 is 1.93 bits per heavy atom. The van der Waals surface area contributed by atoms with E-state index in [1.165, 1.54) is 35.4 Å². The second kappa shape index (κ2) is 7.52. The van der Waals surface area contributed by atoms with Crippen LogP contribution in [0.1, 0.15) is 34.6 Å². The number of hydrogen-bond acceptors (Lipinski definition) is 4. The Labute approximate surface area is 166 Å². The number of carbonyl (C=O) groups excluding carboxylic acids is 2. The maximum absolute atomic E-state index is 13.2. The molecule has 3 aromatic rings. The van der Waals surface area contributed by atoms with Gasteiger partial charge in [-0.1, -0.05) is 18.2 Å². The van der Waals surface area contributed by atoms with Crippen LogP contribution in [-0.2, 0) is 9.53 Å². The molecule has 29 heavy (non-hydrogen) atoms. The number of ether oxygens (including phenoxy) is 1. The highest BCUT2D eigenvalue weighted by atomic mass is 19.1. The molecule has 0 aliphatic carbocycles. The molecular weight excluding hydrogens is 375 g/mol. The number of aromatic amines is 1. The Kier molecular flexibility index (Phi) is 4.90. The van der Waals surface area contributed by atoms with Gasteiger partial charge in [0.1, 0.15) is 5.82 Å². The van der Waals surface area contributed by atoms with Crippen LogP contribution in [0.25, 0.3) is 16.5 Å². The zero-order valence-corrected chi connectivity index (χ0v) is 15.7. The number of H-pyrrole nitrogens is 1. The number of β-amino-alcohol motifs (C(OH)–C–C–N with tert-alkyl or cyclic N) is 1. The summed E-state index contributed by atoms with van der Waals surface area (Å²) in [7, 11) is 0. The van der Waals surface area contributed by atoms with Crippen LogP contribution in [0.3, 0.4) is 0 Å². The Morgan fingerprint density at radius 1 is 1.21 bits per heavy atom. The zero-order chi connectivity index (χ0) is 20.5. The molecule has 0 radical (unpaired) electrons. The first-order valence-electron chi connectivity index (χ1n) is 9.24. The molecule has 0 saturated carbocycles. The number of para-hydroxylation sites is 1. The van der Waals surface area contributed by atoms with Crippen molar-refractivity contribution in [2.75, 3.05) is 13.2 Å². The number of rotatable bonds is 3. The number of aromatic nitrogens is 1. The van der Waals surface area contributed by atoms with Crippen LogP contribution >= 0.6 is 0 Å². The standard InChI is InChI=1S/C22H19FN2O4/c1-2-29-22(28)16-11-25(21(27)13-7-9-14(23)10-8-13)12-18(26)19-15-5-3-4-6-17(15)24-20(16)19/h3-11,18,24,26H,2,12H2,1H3. The van der Waals surface area contributed by atoms with E-state index in [0.29, 0.717) is 11.3 Å². The highest BCUT2D eigenvalue weighted by Crippen LogP contribution is 2.36. The van der Waals surface area contributed by atoms with Crippen molar-refractivity contribution in [3.63, 3.8) is 0 Å². The molecule has 0 spiro atoms. The molecular formula is C22H19FN2O4. The molecule has 1 atom stereocenters. The first kappa shape index (κ1) is 18.9. The summed E-state index contributed by atoms with van der Waals surface area (Å²) in [5.74, 6) is -1.52. The van der Waals surface area contributed by atoms with Gasteiger partial charge in [0.25, 0.3) is 5.91 Å². The Balaban J connectivity index is 1.84. The van der Waals surface area contributed by atoms with E-state index >= 15 is 0 Å². The van der Waals surface area contributed by atoms with Gasteiger partial charge in [-0.15, -0.1) is 0 Å². The van der Waals surface area contributed by atoms with Gasteiger partial charge in [0.05, 0.1) is 30.5 Å². The molecule has 1 aliphatic rings. The number of carbonyl (C=O) groups is 2. The van der Waals surface area contributed by atoms with E-state index in [0.717, 1.165) is 10.9 Å². The maximum Gasteiger partial charge on any atom is 0.341 e. The van der Waals surface area contributed by atoms with Crippen LogP contribution in [0.4, 0.5) is 4.39 Å². The third-order valence-corrected chi connectivity index (χ3v) is 4.85. The fourth-order valence-electron chi connectivity index (χ4n) is 3.54. The van der Waals surface area contributed by atoms with Crippen LogP contribution in [0.2, 0.25) is 0 Å². The molecule has 0 saturated heterocycles. The Bertz CT molecular complexity index is 1120. The molecule has 2 aromatic carbocycles. The molecule has 0 fully saturated rings. The molecule has 1 unspecified atom stereocenters. The Hall–Kier alpha value is -3.45. The van der Waals surface area contributed by atoms with E-state index < -0.39 is 23.8 Å². The normalized spacial score (nSPS) is 16.2. The van der Waals surface area contributed by atoms with Gasteiger partial charge in [-0.3, -0.25) is 4.79 Å². The van der Waals surface area contributed by atoms with E-state index in [2.05, 4.69) is 4.98 Å². The predicted molar refractivity (Wildman–Crippen MR) is 105 cm³/mol. The molecule has 1 aliphatic heterocycles. The minimum atomic E-state index is -1.03. The molecule has 4 rings (SSSR count). The third kappa shape index (κ3) is 3.40. The number of esters is 1. The van der Waals surface area contributed by atoms with E-state index in [1.54, 1.807) is 6.92 Å². The number of halogens is 1. The average Bonchev–Trinajstić information content (AvgIpc) is 3.03. The van der Waals surface area contributed by atoms with E-state index in [9.17, 15) is 19.1 Å². The summed E-state index contributed by atoms with van der Waals surface area (Å²) in [5, 5.41) is 11.7. The second-order valence-electron chi connectivity index (χ2n) is 6.70. The van der Waals surface area contributed by atoms with Crippen LogP contribution in [-0.4, -0.2) is 40.0 Å². The summed E-state index contributed by atoms with van der Waals surface area (Å²) in [5.41, 5.74) is 2.12. The van der Waals surface area contributed by atoms with E-state index in [1.807, 2.05) is 24.3 Å². The van der Waals surface area contributed by atoms with Gasteiger partial charge in [0.2, 0.25) is 0 Å². The quantitative estimate of drug-likeness (QED) is 0.667. The molecule has 7 heteroatoms. The lowest BCUT2D eigenvalue weighted by molar-refractivity contribution is -0.136. The zero-order valence-electron chi connectivity index (χ0n) is 15.7. The van der Waals surface area contributed by atoms with Gasteiger partial charge >= 0.3 is 5.97 Å². The van der Waals surface area contributed by atoms with Crippen molar-refractivity contribution in [2.45, 2.75) is 13.0 Å². The number of nitrogens with one attached hydrogen (secondary N) is 1. The van der Waals surface area contributed by atoms with Crippen molar-refractivity contribution in [1.82, 2.24) is 9.88 Å². The summed E-state index contributed by atoms with van der Waals surface area (Å²) < 4.78 is 18.4. The molecule has 2 N–H and O–H groups in total. The highest BCUT2D eigenvalue weighted by Gasteiger charge is 2.32. The van der Waals surface area contributed by atoms with Crippen molar-refractivity contribution in [2.24, 2.45) is 0 Å². The smallest absolute Gasteiger partial charge is 0.341 e. The van der Waals surface area contributed by atoms with Crippen molar-refractivity contribution < 1.29 is 23.8 Å². The van der Waals surface area contributed by atoms with Gasteiger partial charge in [0.15, 0.2) is 0 Å². The van der Waals surface area contributed by atoms with Crippen molar-refractivity contribution in [3.05, 3.63) is 77.4 Å². The molecule has 1 amide bonds. The monoisotopic (exact) mass is 394 g/mol. The first-order valence-corrected chi connectivity index (χ1v) is 9.24. The Morgan fingerprint density at radius 3 is 2.66 bits per heavy atom. The lowest BCUT2D eigenvalue weighted by atomic mass is 10.0. The summed E-state index contributed by atoms with van der Waals surface area (Å²) in [6.45, 7) is 1.80. The number of aliphatic hydroxyl groups is 1. The molecule has 2 heterocycles. The summed E-state index contributed by atoms with van der Waals surface area (Å²) in [6, 6.07) is 12.5. The molecule has 0 bridgehead atoms. The third-order valence-electron chi connectivity index (χ3n) is 4.85. The molecule has 148 valence electrons. The number of benzene rings is 2. The van der Waals surface area contributed by atoms with Crippen LogP contribution in [0.5, 0.6) is 0 Å². The van der Waals surface area contributed by atoms with Gasteiger partial charge in [-0.2, -0.15) is 0 Å². The number of nitrogens with zero attached hydrogens (tertiary/aromatic N) is 1. The van der Waals surface area contributed by atoms with Gasteiger partial charge in [-0.25, -0.2) is 9.18 Å². The van der Waals surface area contributed by atoms with Gasteiger partial charge < -0.3 is 19.7 Å². The highest BCUT2D eigenvalue weighted by molar-refractivity contribution is 6.18. The topological polar surface area (TPSA) is 82.6 Å². The maximum atomic E-state index is 13.2. The fourth-order valence-corrected chi connectivity index (χ4v) is 3.54. The second-order valence-corrected chi connectivity index (χ2v) is 6.70. The van der Waals surface area contributed by atoms with Crippen LogP contribution in [0, 0.1) is 5.82 Å². The summed E-state index contributed by atoms with van der Waals surface area (Å²) >= 11 is 0. The number of aliphatic hydroxyl groups excluding tert-OH is 1. The van der Waals surface area contributed by atoms with Crippen molar-refractivity contribution in [1.29, 1.82) is 0 Å². The molecule has 6 nitrogen and oxygen atoms in total. The number of fused-ring (bicyclic) bond motifs is 3. The lowest BCUT2D eigenvalue weighted by Gasteiger charge is -2.20. The van der Waals surface area contributed by atoms with Crippen LogP contribution < -0.4 is 0 Å². The van der Waals surface area contributed by atoms with E-state index in [4.69, 9.17) is 4.74 Å².